The molecule has 2 aromatic heterocycles. The number of nitrogens with zero attached hydrogens (tertiary/aromatic N) is 3. The highest BCUT2D eigenvalue weighted by molar-refractivity contribution is 9.11. The Bertz CT molecular complexity index is 535. The largest absolute Gasteiger partial charge is 0.356 e. The molecule has 2 aromatic rings. The van der Waals surface area contributed by atoms with Gasteiger partial charge >= 0.3 is 0 Å². The molecule has 2 heterocycles. The van der Waals surface area contributed by atoms with E-state index in [4.69, 9.17) is 0 Å². The van der Waals surface area contributed by atoms with E-state index in [1.807, 2.05) is 16.9 Å². The highest BCUT2D eigenvalue weighted by atomic mass is 79.9. The van der Waals surface area contributed by atoms with Gasteiger partial charge in [0.1, 0.15) is 0 Å². The normalized spacial score (nSPS) is 11.6. The van der Waals surface area contributed by atoms with Gasteiger partial charge in [-0.1, -0.05) is 0 Å². The van der Waals surface area contributed by atoms with Crippen LogP contribution in [-0.2, 0) is 13.1 Å². The molecule has 0 spiro atoms. The predicted molar refractivity (Wildman–Crippen MR) is 87.1 cm³/mol. The SMILES string of the molecule is CN=C(NCCCn1cccn1)NCc1ccc(Br)s1. The minimum Gasteiger partial charge on any atom is -0.356 e. The van der Waals surface area contributed by atoms with Crippen LogP contribution < -0.4 is 10.6 Å². The quantitative estimate of drug-likeness (QED) is 0.475. The Morgan fingerprint density at radius 2 is 2.35 bits per heavy atom. The highest BCUT2D eigenvalue weighted by Crippen LogP contribution is 2.21. The standard InChI is InChI=1S/C13H18BrN5S/c1-15-13(17-10-11-4-5-12(14)20-11)16-6-2-8-19-9-3-7-18-19/h3-5,7,9H,2,6,8,10H2,1H3,(H2,15,16,17). The molecule has 0 bridgehead atoms. The van der Waals surface area contributed by atoms with E-state index in [1.54, 1.807) is 24.6 Å². The van der Waals surface area contributed by atoms with Crippen LogP contribution >= 0.6 is 27.3 Å². The van der Waals surface area contributed by atoms with Gasteiger partial charge in [-0.2, -0.15) is 5.10 Å². The van der Waals surface area contributed by atoms with Crippen LogP contribution in [0.5, 0.6) is 0 Å². The summed E-state index contributed by atoms with van der Waals surface area (Å²) >= 11 is 5.19. The van der Waals surface area contributed by atoms with Gasteiger partial charge in [-0.25, -0.2) is 0 Å². The first-order valence-corrected chi connectivity index (χ1v) is 8.05. The summed E-state index contributed by atoms with van der Waals surface area (Å²) in [6.07, 6.45) is 4.78. The molecule has 5 nitrogen and oxygen atoms in total. The second-order valence-electron chi connectivity index (χ2n) is 4.18. The van der Waals surface area contributed by atoms with Gasteiger partial charge in [-0.3, -0.25) is 9.67 Å². The fourth-order valence-corrected chi connectivity index (χ4v) is 3.14. The molecule has 0 unspecified atom stereocenters. The third-order valence-corrected chi connectivity index (χ3v) is 4.32. The van der Waals surface area contributed by atoms with Gasteiger partial charge in [-0.05, 0) is 40.5 Å². The third-order valence-electron chi connectivity index (χ3n) is 2.70. The molecule has 20 heavy (non-hydrogen) atoms. The summed E-state index contributed by atoms with van der Waals surface area (Å²) in [7, 11) is 1.78. The van der Waals surface area contributed by atoms with Gasteiger partial charge in [0.2, 0.25) is 0 Å². The lowest BCUT2D eigenvalue weighted by Gasteiger charge is -2.11. The van der Waals surface area contributed by atoms with Gasteiger partial charge in [0, 0.05) is 37.4 Å². The number of aryl methyl sites for hydroxylation is 1. The summed E-state index contributed by atoms with van der Waals surface area (Å²) in [5, 5.41) is 10.8. The molecule has 0 fully saturated rings. The Hall–Kier alpha value is -1.34. The van der Waals surface area contributed by atoms with Crippen molar-refractivity contribution >= 4 is 33.2 Å². The van der Waals surface area contributed by atoms with Crippen molar-refractivity contribution in [2.75, 3.05) is 13.6 Å². The molecule has 0 radical (unpaired) electrons. The van der Waals surface area contributed by atoms with Crippen molar-refractivity contribution < 1.29 is 0 Å². The Morgan fingerprint density at radius 1 is 1.45 bits per heavy atom. The van der Waals surface area contributed by atoms with Crippen LogP contribution in [0.25, 0.3) is 0 Å². The number of halogens is 1. The van der Waals surface area contributed by atoms with Gasteiger partial charge in [-0.15, -0.1) is 11.3 Å². The molecule has 0 aliphatic rings. The zero-order valence-electron chi connectivity index (χ0n) is 11.3. The number of guanidine groups is 1. The molecule has 2 rings (SSSR count). The lowest BCUT2D eigenvalue weighted by atomic mass is 10.4. The average molecular weight is 356 g/mol. The topological polar surface area (TPSA) is 54.2 Å². The molecule has 0 aliphatic carbocycles. The van der Waals surface area contributed by atoms with Crippen LogP contribution in [0.15, 0.2) is 39.4 Å². The maximum absolute atomic E-state index is 4.21. The number of hydrogen-bond acceptors (Lipinski definition) is 3. The number of rotatable bonds is 6. The summed E-state index contributed by atoms with van der Waals surface area (Å²) in [4.78, 5) is 5.48. The molecule has 0 amide bonds. The van der Waals surface area contributed by atoms with Gasteiger partial charge < -0.3 is 10.6 Å². The monoisotopic (exact) mass is 355 g/mol. The molecule has 2 N–H and O–H groups in total. The van der Waals surface area contributed by atoms with E-state index in [0.717, 1.165) is 35.8 Å². The summed E-state index contributed by atoms with van der Waals surface area (Å²) in [5.74, 6) is 0.829. The fraction of sp³-hybridized carbons (Fsp3) is 0.385. The zero-order chi connectivity index (χ0) is 14.2. The lowest BCUT2D eigenvalue weighted by Crippen LogP contribution is -2.37. The molecule has 0 saturated heterocycles. The second-order valence-corrected chi connectivity index (χ2v) is 6.73. The molecular formula is C13H18BrN5S. The smallest absolute Gasteiger partial charge is 0.191 e. The van der Waals surface area contributed by atoms with E-state index in [1.165, 1.54) is 4.88 Å². The van der Waals surface area contributed by atoms with Crippen molar-refractivity contribution in [1.82, 2.24) is 20.4 Å². The highest BCUT2D eigenvalue weighted by Gasteiger charge is 2.00. The summed E-state index contributed by atoms with van der Waals surface area (Å²) in [6.45, 7) is 2.57. The summed E-state index contributed by atoms with van der Waals surface area (Å²) < 4.78 is 3.08. The van der Waals surface area contributed by atoms with E-state index >= 15 is 0 Å². The molecule has 0 aromatic carbocycles. The van der Waals surface area contributed by atoms with Crippen LogP contribution in [0.3, 0.4) is 0 Å². The van der Waals surface area contributed by atoms with Crippen molar-refractivity contribution in [3.05, 3.63) is 39.3 Å². The van der Waals surface area contributed by atoms with Crippen LogP contribution in [0, 0.1) is 0 Å². The third kappa shape index (κ3) is 4.97. The van der Waals surface area contributed by atoms with Crippen LogP contribution in [-0.4, -0.2) is 29.3 Å². The molecule has 0 saturated carbocycles. The minimum atomic E-state index is 0.787. The number of nitrogens with one attached hydrogen (secondary N) is 2. The average Bonchev–Trinajstić information content (AvgIpc) is 3.09. The van der Waals surface area contributed by atoms with E-state index in [0.29, 0.717) is 0 Å². The zero-order valence-corrected chi connectivity index (χ0v) is 13.7. The Balaban J connectivity index is 1.65. The van der Waals surface area contributed by atoms with Gasteiger partial charge in [0.25, 0.3) is 0 Å². The van der Waals surface area contributed by atoms with E-state index in [2.05, 4.69) is 48.8 Å². The number of thiophene rings is 1. The van der Waals surface area contributed by atoms with Crippen molar-refractivity contribution in [3.63, 3.8) is 0 Å². The molecule has 0 aliphatic heterocycles. The first-order chi connectivity index (χ1) is 9.78. The molecule has 0 atom stereocenters. The maximum Gasteiger partial charge on any atom is 0.191 e. The maximum atomic E-state index is 4.21. The van der Waals surface area contributed by atoms with Gasteiger partial charge in [0.15, 0.2) is 5.96 Å². The van der Waals surface area contributed by atoms with Crippen LogP contribution in [0.4, 0.5) is 0 Å². The summed E-state index contributed by atoms with van der Waals surface area (Å²) in [5.41, 5.74) is 0. The number of hydrogen-bond donors (Lipinski definition) is 2. The first-order valence-electron chi connectivity index (χ1n) is 6.44. The van der Waals surface area contributed by atoms with Crippen molar-refractivity contribution in [2.45, 2.75) is 19.5 Å². The number of aliphatic imine (C=N–C) groups is 1. The van der Waals surface area contributed by atoms with Crippen molar-refractivity contribution in [1.29, 1.82) is 0 Å². The minimum absolute atomic E-state index is 0.787. The first kappa shape index (κ1) is 15.1. The van der Waals surface area contributed by atoms with E-state index < -0.39 is 0 Å². The Kier molecular flexibility index (Phi) is 6.07. The van der Waals surface area contributed by atoms with E-state index in [9.17, 15) is 0 Å². The van der Waals surface area contributed by atoms with Crippen LogP contribution in [0.1, 0.15) is 11.3 Å². The lowest BCUT2D eigenvalue weighted by molar-refractivity contribution is 0.570. The second kappa shape index (κ2) is 8.06. The number of aromatic nitrogens is 2. The van der Waals surface area contributed by atoms with Crippen LogP contribution in [0.2, 0.25) is 0 Å². The van der Waals surface area contributed by atoms with Gasteiger partial charge in [0.05, 0.1) is 10.3 Å². The van der Waals surface area contributed by atoms with Crippen molar-refractivity contribution in [3.8, 4) is 0 Å². The molecular weight excluding hydrogens is 338 g/mol. The summed E-state index contributed by atoms with van der Waals surface area (Å²) in [6, 6.07) is 6.10. The fourth-order valence-electron chi connectivity index (χ4n) is 1.72. The Labute approximate surface area is 131 Å². The molecule has 108 valence electrons. The Morgan fingerprint density at radius 3 is 3.00 bits per heavy atom. The predicted octanol–water partition coefficient (Wildman–Crippen LogP) is 2.46. The van der Waals surface area contributed by atoms with E-state index in [-0.39, 0.29) is 0 Å². The van der Waals surface area contributed by atoms with Crippen molar-refractivity contribution in [2.24, 2.45) is 4.99 Å². The molecule has 7 heteroatoms.